The van der Waals surface area contributed by atoms with Gasteiger partial charge in [-0.3, -0.25) is 9.10 Å². The van der Waals surface area contributed by atoms with Crippen LogP contribution >= 0.6 is 0 Å². The Hall–Kier alpha value is -3.47. The quantitative estimate of drug-likeness (QED) is 0.494. The van der Waals surface area contributed by atoms with Crippen LogP contribution in [0.2, 0.25) is 0 Å². The second-order valence-electron chi connectivity index (χ2n) is 7.05. The molecule has 0 aliphatic rings. The number of alkyl halides is 3. The highest BCUT2D eigenvalue weighted by molar-refractivity contribution is 7.92. The van der Waals surface area contributed by atoms with Crippen molar-refractivity contribution < 1.29 is 35.2 Å². The number of carbonyl (C=O) groups excluding carboxylic acids is 1. The second kappa shape index (κ2) is 9.18. The summed E-state index contributed by atoms with van der Waals surface area (Å²) >= 11 is 0. The van der Waals surface area contributed by atoms with Gasteiger partial charge in [0.15, 0.2) is 0 Å². The lowest BCUT2D eigenvalue weighted by Gasteiger charge is -2.25. The normalized spacial score (nSPS) is 11.8. The summed E-state index contributed by atoms with van der Waals surface area (Å²) in [6.07, 6.45) is -4.76. The van der Waals surface area contributed by atoms with Gasteiger partial charge in [-0.2, -0.15) is 13.2 Å². The minimum atomic E-state index is -4.76. The monoisotopic (exact) mass is 484 g/mol. The highest BCUT2D eigenvalue weighted by Crippen LogP contribution is 2.33. The van der Waals surface area contributed by atoms with E-state index in [9.17, 15) is 35.2 Å². The number of nitrogens with zero attached hydrogens (tertiary/aromatic N) is 1. The first-order valence-electron chi connectivity index (χ1n) is 9.39. The van der Waals surface area contributed by atoms with Gasteiger partial charge < -0.3 is 5.32 Å². The van der Waals surface area contributed by atoms with Crippen molar-refractivity contribution in [1.29, 1.82) is 0 Å². The first-order chi connectivity index (χ1) is 15.4. The van der Waals surface area contributed by atoms with Gasteiger partial charge in [-0.1, -0.05) is 23.8 Å². The van der Waals surface area contributed by atoms with E-state index in [0.717, 1.165) is 35.9 Å². The van der Waals surface area contributed by atoms with Crippen LogP contribution < -0.4 is 9.62 Å². The number of nitrogens with one attached hydrogen (secondary N) is 1. The molecule has 0 heterocycles. The van der Waals surface area contributed by atoms with Crippen molar-refractivity contribution in [3.05, 3.63) is 89.5 Å². The zero-order valence-corrected chi connectivity index (χ0v) is 17.8. The van der Waals surface area contributed by atoms with Gasteiger partial charge in [0.2, 0.25) is 5.91 Å². The first-order valence-corrected chi connectivity index (χ1v) is 10.8. The van der Waals surface area contributed by atoms with E-state index in [4.69, 9.17) is 0 Å². The zero-order chi connectivity index (χ0) is 24.4. The number of hydrogen-bond acceptors (Lipinski definition) is 3. The van der Waals surface area contributed by atoms with E-state index in [-0.39, 0.29) is 4.90 Å². The molecule has 1 amide bonds. The number of carbonyl (C=O) groups is 1. The van der Waals surface area contributed by atoms with Crippen molar-refractivity contribution in [1.82, 2.24) is 0 Å². The van der Waals surface area contributed by atoms with Crippen LogP contribution in [0.4, 0.5) is 33.3 Å². The Balaban J connectivity index is 2.02. The van der Waals surface area contributed by atoms with Crippen LogP contribution in [0.1, 0.15) is 11.1 Å². The first kappa shape index (κ1) is 24.2. The van der Waals surface area contributed by atoms with Crippen LogP contribution in [0.3, 0.4) is 0 Å². The Morgan fingerprint density at radius 2 is 1.64 bits per heavy atom. The molecular weight excluding hydrogens is 467 g/mol. The molecular formula is C22H17F5N2O3S. The molecule has 0 spiro atoms. The van der Waals surface area contributed by atoms with E-state index in [2.05, 4.69) is 5.32 Å². The zero-order valence-electron chi connectivity index (χ0n) is 17.0. The maximum atomic E-state index is 13.9. The third-order valence-electron chi connectivity index (χ3n) is 4.56. The number of amides is 1. The van der Waals surface area contributed by atoms with Crippen molar-refractivity contribution in [3.63, 3.8) is 0 Å². The van der Waals surface area contributed by atoms with Crippen LogP contribution in [-0.2, 0) is 21.0 Å². The number of hydrogen-bond donors (Lipinski definition) is 1. The fourth-order valence-electron chi connectivity index (χ4n) is 2.90. The summed E-state index contributed by atoms with van der Waals surface area (Å²) in [6, 6.07) is 11.3. The molecule has 0 aliphatic carbocycles. The molecule has 0 atom stereocenters. The number of rotatable bonds is 6. The molecule has 1 N–H and O–H groups in total. The molecule has 0 saturated heterocycles. The number of halogens is 5. The predicted molar refractivity (Wildman–Crippen MR) is 112 cm³/mol. The van der Waals surface area contributed by atoms with E-state index in [1.807, 2.05) is 0 Å². The molecule has 3 rings (SSSR count). The van der Waals surface area contributed by atoms with Gasteiger partial charge in [-0.25, -0.2) is 17.2 Å². The van der Waals surface area contributed by atoms with E-state index in [1.165, 1.54) is 24.3 Å². The summed E-state index contributed by atoms with van der Waals surface area (Å²) in [6.45, 7) is 0.750. The van der Waals surface area contributed by atoms with Crippen molar-refractivity contribution in [2.24, 2.45) is 0 Å². The molecule has 0 fully saturated rings. The molecule has 0 bridgehead atoms. The standard InChI is InChI=1S/C22H17F5N2O3S/c1-14-5-8-18(9-6-14)33(31,32)29(17-4-2-3-15(11-17)22(25,26)27)13-21(30)28-20-10-7-16(23)12-19(20)24/h2-12H,13H2,1H3,(H,28,30). The van der Waals surface area contributed by atoms with E-state index >= 15 is 0 Å². The lowest BCUT2D eigenvalue weighted by Crippen LogP contribution is -2.38. The highest BCUT2D eigenvalue weighted by atomic mass is 32.2. The lowest BCUT2D eigenvalue weighted by molar-refractivity contribution is -0.137. The summed E-state index contributed by atoms with van der Waals surface area (Å²) in [5, 5.41) is 2.11. The molecule has 3 aromatic carbocycles. The fraction of sp³-hybridized carbons (Fsp3) is 0.136. The summed E-state index contributed by atoms with van der Waals surface area (Å²) in [4.78, 5) is 12.3. The Bertz CT molecular complexity index is 1280. The van der Waals surface area contributed by atoms with Crippen molar-refractivity contribution in [2.75, 3.05) is 16.2 Å². The van der Waals surface area contributed by atoms with Gasteiger partial charge >= 0.3 is 6.18 Å². The van der Waals surface area contributed by atoms with Crippen LogP contribution in [0.15, 0.2) is 71.6 Å². The van der Waals surface area contributed by atoms with Gasteiger partial charge in [0.1, 0.15) is 18.2 Å². The average molecular weight is 484 g/mol. The van der Waals surface area contributed by atoms with Gasteiger partial charge in [0.25, 0.3) is 10.0 Å². The largest absolute Gasteiger partial charge is 0.416 e. The molecule has 0 radical (unpaired) electrons. The molecule has 33 heavy (non-hydrogen) atoms. The number of anilines is 2. The summed E-state index contributed by atoms with van der Waals surface area (Å²) in [7, 11) is -4.49. The molecule has 0 saturated carbocycles. The molecule has 0 aromatic heterocycles. The van der Waals surface area contributed by atoms with E-state index in [1.54, 1.807) is 6.92 Å². The minimum absolute atomic E-state index is 0.258. The number of sulfonamides is 1. The van der Waals surface area contributed by atoms with Crippen LogP contribution in [0.25, 0.3) is 0 Å². The molecule has 11 heteroatoms. The Kier molecular flexibility index (Phi) is 6.73. The SMILES string of the molecule is Cc1ccc(S(=O)(=O)N(CC(=O)Nc2ccc(F)cc2F)c2cccc(C(F)(F)F)c2)cc1. The maximum absolute atomic E-state index is 13.9. The smallest absolute Gasteiger partial charge is 0.322 e. The van der Waals surface area contributed by atoms with Crippen LogP contribution in [0, 0.1) is 18.6 Å². The lowest BCUT2D eigenvalue weighted by atomic mass is 10.2. The van der Waals surface area contributed by atoms with Gasteiger partial charge in [-0.15, -0.1) is 0 Å². The molecule has 0 aliphatic heterocycles. The predicted octanol–water partition coefficient (Wildman–Crippen LogP) is 5.13. The molecule has 5 nitrogen and oxygen atoms in total. The van der Waals surface area contributed by atoms with Crippen LogP contribution in [-0.4, -0.2) is 20.9 Å². The van der Waals surface area contributed by atoms with Crippen LogP contribution in [0.5, 0.6) is 0 Å². The Morgan fingerprint density at radius 1 is 0.970 bits per heavy atom. The van der Waals surface area contributed by atoms with E-state index in [0.29, 0.717) is 16.4 Å². The van der Waals surface area contributed by atoms with Gasteiger partial charge in [0.05, 0.1) is 21.8 Å². The average Bonchev–Trinajstić information content (AvgIpc) is 2.74. The minimum Gasteiger partial charge on any atom is -0.322 e. The van der Waals surface area contributed by atoms with Gasteiger partial charge in [-0.05, 0) is 49.4 Å². The number of aryl methyl sites for hydroxylation is 1. The fourth-order valence-corrected chi connectivity index (χ4v) is 4.31. The maximum Gasteiger partial charge on any atom is 0.416 e. The summed E-state index contributed by atoms with van der Waals surface area (Å²) in [5.74, 6) is -3.04. The van der Waals surface area contributed by atoms with Crippen molar-refractivity contribution >= 4 is 27.3 Å². The third kappa shape index (κ3) is 5.67. The molecule has 0 unspecified atom stereocenters. The summed E-state index contributed by atoms with van der Waals surface area (Å²) in [5.41, 5.74) is -1.21. The molecule has 3 aromatic rings. The van der Waals surface area contributed by atoms with Crippen molar-refractivity contribution in [3.8, 4) is 0 Å². The second-order valence-corrected chi connectivity index (χ2v) is 8.91. The third-order valence-corrected chi connectivity index (χ3v) is 6.35. The Labute approximate surface area is 186 Å². The summed E-state index contributed by atoms with van der Waals surface area (Å²) < 4.78 is 93.6. The molecule has 174 valence electrons. The van der Waals surface area contributed by atoms with Crippen molar-refractivity contribution in [2.45, 2.75) is 18.0 Å². The number of benzene rings is 3. The topological polar surface area (TPSA) is 66.5 Å². The van der Waals surface area contributed by atoms with E-state index < -0.39 is 57.2 Å². The van der Waals surface area contributed by atoms with Gasteiger partial charge in [0, 0.05) is 6.07 Å². The Morgan fingerprint density at radius 3 is 2.24 bits per heavy atom. The highest BCUT2D eigenvalue weighted by Gasteiger charge is 2.33.